The van der Waals surface area contributed by atoms with Crippen LogP contribution in [-0.4, -0.2) is 22.6 Å². The van der Waals surface area contributed by atoms with Crippen LogP contribution in [0.5, 0.6) is 5.75 Å². The third-order valence-electron chi connectivity index (χ3n) is 3.43. The molecule has 0 aliphatic carbocycles. The lowest BCUT2D eigenvalue weighted by atomic mass is 10.3. The predicted molar refractivity (Wildman–Crippen MR) is 87.5 cm³/mol. The van der Waals surface area contributed by atoms with Gasteiger partial charge in [0.05, 0.1) is 18.1 Å². The first kappa shape index (κ1) is 15.4. The van der Waals surface area contributed by atoms with Gasteiger partial charge in [0.1, 0.15) is 24.7 Å². The Morgan fingerprint density at radius 1 is 1.17 bits per heavy atom. The highest BCUT2D eigenvalue weighted by Crippen LogP contribution is 2.20. The molecule has 1 aromatic heterocycles. The molecular weight excluding hydrogens is 316 g/mol. The first-order valence-corrected chi connectivity index (χ1v) is 7.44. The molecule has 0 radical (unpaired) electrons. The van der Waals surface area contributed by atoms with Crippen LogP contribution in [0.4, 0.5) is 0 Å². The molecule has 6 heteroatoms. The number of esters is 1. The van der Waals surface area contributed by atoms with Gasteiger partial charge in [0, 0.05) is 5.02 Å². The van der Waals surface area contributed by atoms with Gasteiger partial charge in [-0.15, -0.1) is 0 Å². The van der Waals surface area contributed by atoms with Crippen LogP contribution in [0.3, 0.4) is 0 Å². The number of aromatic nitrogens is 2. The lowest BCUT2D eigenvalue weighted by Crippen LogP contribution is -2.15. The summed E-state index contributed by atoms with van der Waals surface area (Å²) in [6.07, 6.45) is 0. The zero-order valence-corrected chi connectivity index (χ0v) is 13.3. The Labute approximate surface area is 138 Å². The van der Waals surface area contributed by atoms with Gasteiger partial charge < -0.3 is 14.0 Å². The molecule has 5 nitrogen and oxygen atoms in total. The summed E-state index contributed by atoms with van der Waals surface area (Å²) in [7, 11) is 1.37. The summed E-state index contributed by atoms with van der Waals surface area (Å²) in [6.45, 7) is 0.337. The van der Waals surface area contributed by atoms with E-state index >= 15 is 0 Å². The molecule has 0 aliphatic rings. The molecule has 0 saturated carbocycles. The van der Waals surface area contributed by atoms with Crippen molar-refractivity contribution in [3.63, 3.8) is 0 Å². The maximum atomic E-state index is 11.7. The summed E-state index contributed by atoms with van der Waals surface area (Å²) in [5.41, 5.74) is 1.68. The van der Waals surface area contributed by atoms with Gasteiger partial charge in [-0.2, -0.15) is 0 Å². The molecule has 3 rings (SSSR count). The fraction of sp³-hybridized carbons (Fsp3) is 0.176. The number of carbonyl (C=O) groups excluding carboxylic acids is 1. The number of imidazole rings is 1. The zero-order valence-electron chi connectivity index (χ0n) is 12.5. The average Bonchev–Trinajstić information content (AvgIpc) is 2.92. The summed E-state index contributed by atoms with van der Waals surface area (Å²) < 4.78 is 12.3. The molecule has 0 saturated heterocycles. The molecule has 23 heavy (non-hydrogen) atoms. The van der Waals surface area contributed by atoms with Crippen LogP contribution in [0.2, 0.25) is 5.02 Å². The Kier molecular flexibility index (Phi) is 4.48. The van der Waals surface area contributed by atoms with E-state index in [0.717, 1.165) is 11.0 Å². The van der Waals surface area contributed by atoms with E-state index in [1.807, 2.05) is 24.3 Å². The summed E-state index contributed by atoms with van der Waals surface area (Å²) in [4.78, 5) is 16.2. The van der Waals surface area contributed by atoms with Crippen molar-refractivity contribution in [3.8, 4) is 5.75 Å². The summed E-state index contributed by atoms with van der Waals surface area (Å²) in [5, 5.41) is 0.648. The van der Waals surface area contributed by atoms with E-state index in [-0.39, 0.29) is 19.1 Å². The molecule has 0 atom stereocenters. The van der Waals surface area contributed by atoms with E-state index < -0.39 is 0 Å². The first-order valence-electron chi connectivity index (χ1n) is 7.06. The number of ether oxygens (including phenoxy) is 2. The van der Waals surface area contributed by atoms with Gasteiger partial charge in [-0.05, 0) is 36.4 Å². The predicted octanol–water partition coefficient (Wildman–Crippen LogP) is 3.44. The Balaban J connectivity index is 1.87. The van der Waals surface area contributed by atoms with Crippen molar-refractivity contribution < 1.29 is 14.3 Å². The molecule has 0 spiro atoms. The number of carbonyl (C=O) groups is 1. The number of hydrogen-bond acceptors (Lipinski definition) is 4. The molecule has 0 amide bonds. The first-order chi connectivity index (χ1) is 11.2. The largest absolute Gasteiger partial charge is 0.486 e. The van der Waals surface area contributed by atoms with Gasteiger partial charge in [0.25, 0.3) is 0 Å². The molecule has 0 N–H and O–H groups in total. The third kappa shape index (κ3) is 3.46. The number of methoxy groups -OCH3 is 1. The average molecular weight is 331 g/mol. The molecule has 3 aromatic rings. The summed E-state index contributed by atoms with van der Waals surface area (Å²) >= 11 is 5.86. The van der Waals surface area contributed by atoms with Crippen LogP contribution in [-0.2, 0) is 22.7 Å². The quantitative estimate of drug-likeness (QED) is 0.672. The molecule has 118 valence electrons. The van der Waals surface area contributed by atoms with E-state index in [2.05, 4.69) is 4.98 Å². The smallest absolute Gasteiger partial charge is 0.325 e. The van der Waals surface area contributed by atoms with Crippen LogP contribution >= 0.6 is 11.6 Å². The van der Waals surface area contributed by atoms with Crippen LogP contribution in [0.1, 0.15) is 5.82 Å². The van der Waals surface area contributed by atoms with Gasteiger partial charge in [0.2, 0.25) is 0 Å². The number of para-hydroxylation sites is 2. The molecule has 1 heterocycles. The van der Waals surface area contributed by atoms with Gasteiger partial charge in [-0.3, -0.25) is 4.79 Å². The Hall–Kier alpha value is -2.53. The summed E-state index contributed by atoms with van der Waals surface area (Å²) in [5.74, 6) is 1.01. The van der Waals surface area contributed by atoms with E-state index in [1.54, 1.807) is 28.8 Å². The van der Waals surface area contributed by atoms with Gasteiger partial charge in [-0.25, -0.2) is 4.98 Å². The van der Waals surface area contributed by atoms with E-state index in [1.165, 1.54) is 7.11 Å². The van der Waals surface area contributed by atoms with Crippen molar-refractivity contribution in [2.24, 2.45) is 0 Å². The number of halogens is 1. The van der Waals surface area contributed by atoms with Crippen molar-refractivity contribution in [3.05, 3.63) is 59.4 Å². The SMILES string of the molecule is COC(=O)Cn1c(COc2ccc(Cl)cc2)nc2ccccc21. The number of benzene rings is 2. The third-order valence-corrected chi connectivity index (χ3v) is 3.68. The number of nitrogens with zero attached hydrogens (tertiary/aromatic N) is 2. The monoisotopic (exact) mass is 330 g/mol. The minimum atomic E-state index is -0.333. The van der Waals surface area contributed by atoms with Gasteiger partial charge >= 0.3 is 5.97 Å². The van der Waals surface area contributed by atoms with Crippen molar-refractivity contribution in [2.45, 2.75) is 13.2 Å². The van der Waals surface area contributed by atoms with E-state index in [4.69, 9.17) is 21.1 Å². The van der Waals surface area contributed by atoms with Crippen LogP contribution in [0, 0.1) is 0 Å². The summed E-state index contributed by atoms with van der Waals surface area (Å²) in [6, 6.07) is 14.7. The highest BCUT2D eigenvalue weighted by molar-refractivity contribution is 6.30. The molecule has 0 aliphatic heterocycles. The number of fused-ring (bicyclic) bond motifs is 1. The standard InChI is InChI=1S/C17H15ClN2O3/c1-22-17(21)10-20-15-5-3-2-4-14(15)19-16(20)11-23-13-8-6-12(18)7-9-13/h2-9H,10-11H2,1H3. The Morgan fingerprint density at radius 3 is 2.65 bits per heavy atom. The molecular formula is C17H15ClN2O3. The highest BCUT2D eigenvalue weighted by Gasteiger charge is 2.14. The maximum absolute atomic E-state index is 11.7. The highest BCUT2D eigenvalue weighted by atomic mass is 35.5. The molecule has 0 fully saturated rings. The zero-order chi connectivity index (χ0) is 16.2. The van der Waals surface area contributed by atoms with Crippen LogP contribution in [0.15, 0.2) is 48.5 Å². The van der Waals surface area contributed by atoms with Crippen LogP contribution in [0.25, 0.3) is 11.0 Å². The Bertz CT molecular complexity index is 827. The van der Waals surface area contributed by atoms with Crippen LogP contribution < -0.4 is 4.74 Å². The van der Waals surface area contributed by atoms with Crippen molar-refractivity contribution in [1.82, 2.24) is 9.55 Å². The van der Waals surface area contributed by atoms with Crippen molar-refractivity contribution >= 4 is 28.6 Å². The van der Waals surface area contributed by atoms with Gasteiger partial charge in [-0.1, -0.05) is 23.7 Å². The second kappa shape index (κ2) is 6.71. The lowest BCUT2D eigenvalue weighted by molar-refractivity contribution is -0.141. The van der Waals surface area contributed by atoms with Crippen molar-refractivity contribution in [2.75, 3.05) is 7.11 Å². The fourth-order valence-electron chi connectivity index (χ4n) is 2.28. The minimum Gasteiger partial charge on any atom is -0.486 e. The normalized spacial score (nSPS) is 10.7. The second-order valence-electron chi connectivity index (χ2n) is 4.92. The Morgan fingerprint density at radius 2 is 1.91 bits per heavy atom. The topological polar surface area (TPSA) is 53.4 Å². The number of rotatable bonds is 5. The maximum Gasteiger partial charge on any atom is 0.325 e. The van der Waals surface area contributed by atoms with Crippen molar-refractivity contribution in [1.29, 1.82) is 0 Å². The minimum absolute atomic E-state index is 0.0936. The number of hydrogen-bond donors (Lipinski definition) is 0. The fourth-order valence-corrected chi connectivity index (χ4v) is 2.41. The second-order valence-corrected chi connectivity index (χ2v) is 5.36. The molecule has 2 aromatic carbocycles. The van der Waals surface area contributed by atoms with Gasteiger partial charge in [0.15, 0.2) is 0 Å². The van der Waals surface area contributed by atoms with E-state index in [9.17, 15) is 4.79 Å². The van der Waals surface area contributed by atoms with E-state index in [0.29, 0.717) is 16.6 Å². The molecule has 0 unspecified atom stereocenters. The molecule has 0 bridgehead atoms. The lowest BCUT2D eigenvalue weighted by Gasteiger charge is -2.09.